The summed E-state index contributed by atoms with van der Waals surface area (Å²) in [6.07, 6.45) is 0. The van der Waals surface area contributed by atoms with E-state index in [1.54, 1.807) is 19.2 Å². The van der Waals surface area contributed by atoms with Crippen molar-refractivity contribution in [2.75, 3.05) is 19.0 Å². The number of rotatable bonds is 5. The van der Waals surface area contributed by atoms with Gasteiger partial charge in [0.1, 0.15) is 23.2 Å². The summed E-state index contributed by atoms with van der Waals surface area (Å²) in [7, 11) is 1.62. The van der Waals surface area contributed by atoms with E-state index in [0.717, 1.165) is 28.3 Å². The van der Waals surface area contributed by atoms with E-state index in [1.807, 2.05) is 49.4 Å². The zero-order valence-electron chi connectivity index (χ0n) is 16.1. The lowest BCUT2D eigenvalue weighted by Gasteiger charge is -2.11. The van der Waals surface area contributed by atoms with Crippen LogP contribution in [0.5, 0.6) is 11.5 Å². The molecule has 0 saturated carbocycles. The Bertz CT molecular complexity index is 1070. The molecule has 3 aromatic rings. The number of ether oxygens (including phenoxy) is 2. The average Bonchev–Trinajstić information content (AvgIpc) is 2.94. The van der Waals surface area contributed by atoms with Crippen LogP contribution in [0.4, 0.5) is 15.8 Å². The van der Waals surface area contributed by atoms with E-state index in [-0.39, 0.29) is 5.82 Å². The quantitative estimate of drug-likeness (QED) is 0.654. The number of nitrogens with one attached hydrogen (secondary N) is 1. The van der Waals surface area contributed by atoms with E-state index in [1.165, 1.54) is 12.1 Å². The molecule has 146 valence electrons. The Balaban J connectivity index is 1.81. The van der Waals surface area contributed by atoms with Crippen LogP contribution in [0, 0.1) is 5.82 Å². The molecule has 0 aromatic heterocycles. The highest BCUT2D eigenvalue weighted by Gasteiger charge is 2.16. The van der Waals surface area contributed by atoms with Crippen molar-refractivity contribution in [1.29, 1.82) is 0 Å². The number of nitrogens with zero attached hydrogens (tertiary/aromatic N) is 2. The molecule has 1 heterocycles. The molecule has 4 rings (SSSR count). The Kier molecular flexibility index (Phi) is 5.24. The number of amidine groups is 2. The van der Waals surface area contributed by atoms with E-state index in [9.17, 15) is 4.39 Å². The molecule has 5 nitrogen and oxygen atoms in total. The molecular formula is C23H20FN3O2. The normalized spacial score (nSPS) is 12.8. The summed E-state index contributed by atoms with van der Waals surface area (Å²) in [6.45, 7) is 2.55. The van der Waals surface area contributed by atoms with Gasteiger partial charge in [-0.25, -0.2) is 14.4 Å². The van der Waals surface area contributed by atoms with Crippen LogP contribution in [-0.4, -0.2) is 25.4 Å². The zero-order chi connectivity index (χ0) is 20.2. The van der Waals surface area contributed by atoms with Gasteiger partial charge in [0, 0.05) is 17.2 Å². The van der Waals surface area contributed by atoms with Crippen LogP contribution in [0.25, 0.3) is 0 Å². The maximum absolute atomic E-state index is 13.4. The number of benzene rings is 3. The first kappa shape index (κ1) is 18.7. The minimum Gasteiger partial charge on any atom is -0.497 e. The maximum atomic E-state index is 13.4. The molecule has 0 fully saturated rings. The van der Waals surface area contributed by atoms with Crippen molar-refractivity contribution in [3.05, 3.63) is 83.7 Å². The fourth-order valence-electron chi connectivity index (χ4n) is 2.98. The highest BCUT2D eigenvalue weighted by molar-refractivity contribution is 6.19. The summed E-state index contributed by atoms with van der Waals surface area (Å²) >= 11 is 0. The van der Waals surface area contributed by atoms with Crippen LogP contribution < -0.4 is 14.8 Å². The summed E-state index contributed by atoms with van der Waals surface area (Å²) in [5, 5.41) is 3.35. The number of fused-ring (bicyclic) bond motifs is 1. The lowest BCUT2D eigenvalue weighted by atomic mass is 10.1. The lowest BCUT2D eigenvalue weighted by Crippen LogP contribution is -2.15. The third-order valence-corrected chi connectivity index (χ3v) is 4.44. The van der Waals surface area contributed by atoms with E-state index in [2.05, 4.69) is 5.32 Å². The van der Waals surface area contributed by atoms with Crippen LogP contribution >= 0.6 is 0 Å². The van der Waals surface area contributed by atoms with Gasteiger partial charge < -0.3 is 14.8 Å². The summed E-state index contributed by atoms with van der Waals surface area (Å²) in [5.74, 6) is 2.32. The standard InChI is InChI=1S/C23H20FN3O2/c1-3-29-18-10-6-16(7-11-18)23-26-21-14-19(28-2)12-13-20(21)25-22(27-23)15-4-8-17(24)9-5-15/h4-14H,3H2,1-2H3,(H,25,26,27). The van der Waals surface area contributed by atoms with Crippen molar-refractivity contribution in [2.24, 2.45) is 9.98 Å². The van der Waals surface area contributed by atoms with Crippen molar-refractivity contribution in [3.8, 4) is 11.5 Å². The highest BCUT2D eigenvalue weighted by Crippen LogP contribution is 2.32. The van der Waals surface area contributed by atoms with Crippen molar-refractivity contribution < 1.29 is 13.9 Å². The molecule has 0 unspecified atom stereocenters. The largest absolute Gasteiger partial charge is 0.497 e. The minimum atomic E-state index is -0.304. The number of halogens is 1. The smallest absolute Gasteiger partial charge is 0.162 e. The van der Waals surface area contributed by atoms with Crippen molar-refractivity contribution in [1.82, 2.24) is 0 Å². The summed E-state index contributed by atoms with van der Waals surface area (Å²) in [4.78, 5) is 9.44. The molecule has 29 heavy (non-hydrogen) atoms. The van der Waals surface area contributed by atoms with Gasteiger partial charge in [-0.1, -0.05) is 0 Å². The van der Waals surface area contributed by atoms with Crippen LogP contribution in [-0.2, 0) is 0 Å². The molecule has 0 bridgehead atoms. The molecule has 0 radical (unpaired) electrons. The van der Waals surface area contributed by atoms with E-state index in [4.69, 9.17) is 19.5 Å². The molecule has 1 aliphatic heterocycles. The van der Waals surface area contributed by atoms with E-state index in [0.29, 0.717) is 24.0 Å². The second kappa shape index (κ2) is 8.14. The lowest BCUT2D eigenvalue weighted by molar-refractivity contribution is 0.340. The average molecular weight is 389 g/mol. The highest BCUT2D eigenvalue weighted by atomic mass is 19.1. The molecule has 0 spiro atoms. The zero-order valence-corrected chi connectivity index (χ0v) is 16.1. The Morgan fingerprint density at radius 1 is 0.862 bits per heavy atom. The van der Waals surface area contributed by atoms with Crippen LogP contribution in [0.2, 0.25) is 0 Å². The second-order valence-corrected chi connectivity index (χ2v) is 6.37. The topological polar surface area (TPSA) is 55.2 Å². The third kappa shape index (κ3) is 4.11. The number of hydrogen-bond donors (Lipinski definition) is 1. The molecule has 1 N–H and O–H groups in total. The molecule has 1 aliphatic rings. The van der Waals surface area contributed by atoms with E-state index < -0.39 is 0 Å². The third-order valence-electron chi connectivity index (χ3n) is 4.44. The van der Waals surface area contributed by atoms with Gasteiger partial charge in [0.25, 0.3) is 0 Å². The van der Waals surface area contributed by atoms with Gasteiger partial charge in [0.05, 0.1) is 25.1 Å². The van der Waals surface area contributed by atoms with E-state index >= 15 is 0 Å². The molecule has 3 aromatic carbocycles. The van der Waals surface area contributed by atoms with Crippen molar-refractivity contribution in [2.45, 2.75) is 6.92 Å². The SMILES string of the molecule is CCOc1ccc(C2=NC(c3ccc(F)cc3)=Nc3ccc(OC)cc3N2)cc1. The molecule has 0 atom stereocenters. The predicted octanol–water partition coefficient (Wildman–Crippen LogP) is 5.18. The monoisotopic (exact) mass is 389 g/mol. The molecular weight excluding hydrogens is 369 g/mol. The number of methoxy groups -OCH3 is 1. The summed E-state index contributed by atoms with van der Waals surface area (Å²) < 4.78 is 24.3. The molecule has 0 amide bonds. The van der Waals surface area contributed by atoms with Gasteiger partial charge in [-0.3, -0.25) is 0 Å². The van der Waals surface area contributed by atoms with Gasteiger partial charge in [0.2, 0.25) is 0 Å². The maximum Gasteiger partial charge on any atom is 0.162 e. The number of anilines is 1. The van der Waals surface area contributed by atoms with Crippen LogP contribution in [0.1, 0.15) is 18.1 Å². The Labute approximate surface area is 168 Å². The Morgan fingerprint density at radius 3 is 2.24 bits per heavy atom. The summed E-state index contributed by atoms with van der Waals surface area (Å²) in [6, 6.07) is 19.4. The Hall–Kier alpha value is -3.67. The van der Waals surface area contributed by atoms with Crippen LogP contribution in [0.15, 0.2) is 76.7 Å². The first-order valence-electron chi connectivity index (χ1n) is 9.28. The van der Waals surface area contributed by atoms with Gasteiger partial charge in [0.15, 0.2) is 5.84 Å². The molecule has 0 saturated heterocycles. The fraction of sp³-hybridized carbons (Fsp3) is 0.130. The first-order valence-corrected chi connectivity index (χ1v) is 9.28. The molecule has 6 heteroatoms. The second-order valence-electron chi connectivity index (χ2n) is 6.37. The predicted molar refractivity (Wildman–Crippen MR) is 113 cm³/mol. The van der Waals surface area contributed by atoms with Gasteiger partial charge in [-0.05, 0) is 67.6 Å². The fourth-order valence-corrected chi connectivity index (χ4v) is 2.98. The van der Waals surface area contributed by atoms with Gasteiger partial charge >= 0.3 is 0 Å². The number of hydrogen-bond acceptors (Lipinski definition) is 5. The first-order chi connectivity index (χ1) is 14.2. The minimum absolute atomic E-state index is 0.304. The van der Waals surface area contributed by atoms with Crippen LogP contribution in [0.3, 0.4) is 0 Å². The van der Waals surface area contributed by atoms with Crippen molar-refractivity contribution in [3.63, 3.8) is 0 Å². The van der Waals surface area contributed by atoms with Crippen molar-refractivity contribution >= 4 is 23.0 Å². The van der Waals surface area contributed by atoms with Gasteiger partial charge in [-0.2, -0.15) is 0 Å². The Morgan fingerprint density at radius 2 is 1.55 bits per heavy atom. The number of aliphatic imine (C=N–C) groups is 2. The summed E-state index contributed by atoms with van der Waals surface area (Å²) in [5.41, 5.74) is 3.09. The molecule has 0 aliphatic carbocycles. The van der Waals surface area contributed by atoms with Gasteiger partial charge in [-0.15, -0.1) is 0 Å².